The van der Waals surface area contributed by atoms with Crippen LogP contribution >= 0.6 is 23.4 Å². The molecule has 1 aromatic heterocycles. The Labute approximate surface area is 142 Å². The quantitative estimate of drug-likeness (QED) is 0.746. The van der Waals surface area contributed by atoms with E-state index in [2.05, 4.69) is 10.4 Å². The molecule has 0 aliphatic rings. The first-order valence-corrected chi connectivity index (χ1v) is 8.40. The Morgan fingerprint density at radius 3 is 2.70 bits per heavy atom. The lowest BCUT2D eigenvalue weighted by Gasteiger charge is -2.03. The van der Waals surface area contributed by atoms with Crippen molar-refractivity contribution in [2.24, 2.45) is 0 Å². The fourth-order valence-electron chi connectivity index (χ4n) is 1.90. The second-order valence-corrected chi connectivity index (χ2v) is 6.29. The van der Waals surface area contributed by atoms with Gasteiger partial charge in [-0.1, -0.05) is 11.6 Å². The van der Waals surface area contributed by atoms with Gasteiger partial charge in [-0.25, -0.2) is 4.68 Å². The number of aliphatic carboxylic acids is 1. The first-order chi connectivity index (χ1) is 11.0. The van der Waals surface area contributed by atoms with Crippen molar-refractivity contribution < 1.29 is 14.7 Å². The number of nitrogens with one attached hydrogen (secondary N) is 1. The van der Waals surface area contributed by atoms with Gasteiger partial charge in [0, 0.05) is 23.5 Å². The minimum atomic E-state index is -0.860. The van der Waals surface area contributed by atoms with E-state index in [0.29, 0.717) is 28.6 Å². The van der Waals surface area contributed by atoms with Crippen LogP contribution in [0.1, 0.15) is 16.1 Å². The number of halogens is 1. The molecular weight excluding hydrogens is 338 g/mol. The summed E-state index contributed by atoms with van der Waals surface area (Å²) in [7, 11) is 0. The first kappa shape index (κ1) is 17.4. The van der Waals surface area contributed by atoms with Gasteiger partial charge in [0.1, 0.15) is 0 Å². The molecule has 0 aliphatic heterocycles. The van der Waals surface area contributed by atoms with Crippen LogP contribution in [0.25, 0.3) is 5.69 Å². The number of carbonyl (C=O) groups excluding carboxylic acids is 1. The molecule has 23 heavy (non-hydrogen) atoms. The van der Waals surface area contributed by atoms with Gasteiger partial charge >= 0.3 is 5.97 Å². The van der Waals surface area contributed by atoms with Crippen molar-refractivity contribution in [2.75, 3.05) is 18.1 Å². The van der Waals surface area contributed by atoms with E-state index in [-0.39, 0.29) is 11.7 Å². The number of benzene rings is 1. The second-order valence-electron chi connectivity index (χ2n) is 4.75. The number of aromatic nitrogens is 2. The Morgan fingerprint density at radius 2 is 2.04 bits per heavy atom. The lowest BCUT2D eigenvalue weighted by Crippen LogP contribution is -2.26. The molecule has 0 atom stereocenters. The standard InChI is InChI=1S/C15H16ClN3O3S/c1-10-13(15(22)17-6-7-23-9-14(20)21)8-19(18-10)12-4-2-11(16)3-5-12/h2-5,8H,6-7,9H2,1H3,(H,17,22)(H,20,21). The Hall–Kier alpha value is -1.99. The molecule has 6 nitrogen and oxygen atoms in total. The molecule has 0 saturated carbocycles. The van der Waals surface area contributed by atoms with Gasteiger partial charge in [-0.05, 0) is 31.2 Å². The molecule has 0 spiro atoms. The number of carboxylic acid groups (broad SMARTS) is 1. The fraction of sp³-hybridized carbons (Fsp3) is 0.267. The second kappa shape index (κ2) is 8.03. The van der Waals surface area contributed by atoms with E-state index in [9.17, 15) is 9.59 Å². The van der Waals surface area contributed by atoms with Crippen LogP contribution in [0.15, 0.2) is 30.5 Å². The molecule has 2 N–H and O–H groups in total. The number of aryl methyl sites for hydroxylation is 1. The molecule has 2 aromatic rings. The number of amides is 1. The summed E-state index contributed by atoms with van der Waals surface area (Å²) in [5.41, 5.74) is 1.92. The largest absolute Gasteiger partial charge is 0.481 e. The average Bonchev–Trinajstić information content (AvgIpc) is 2.89. The number of nitrogens with zero attached hydrogens (tertiary/aromatic N) is 2. The van der Waals surface area contributed by atoms with Gasteiger partial charge in [-0.3, -0.25) is 9.59 Å². The normalized spacial score (nSPS) is 10.5. The SMILES string of the molecule is Cc1nn(-c2ccc(Cl)cc2)cc1C(=O)NCCSCC(=O)O. The van der Waals surface area contributed by atoms with Crippen molar-refractivity contribution in [3.05, 3.63) is 46.7 Å². The van der Waals surface area contributed by atoms with Crippen LogP contribution in [-0.2, 0) is 4.79 Å². The van der Waals surface area contributed by atoms with E-state index in [1.54, 1.807) is 29.9 Å². The van der Waals surface area contributed by atoms with E-state index in [4.69, 9.17) is 16.7 Å². The number of hydrogen-bond acceptors (Lipinski definition) is 4. The molecule has 1 heterocycles. The van der Waals surface area contributed by atoms with Gasteiger partial charge in [0.05, 0.1) is 22.7 Å². The molecule has 8 heteroatoms. The topological polar surface area (TPSA) is 84.2 Å². The molecule has 122 valence electrons. The summed E-state index contributed by atoms with van der Waals surface area (Å²) in [5.74, 6) is -0.508. The highest BCUT2D eigenvalue weighted by atomic mass is 35.5. The van der Waals surface area contributed by atoms with Crippen molar-refractivity contribution in [3.8, 4) is 5.69 Å². The lowest BCUT2D eigenvalue weighted by molar-refractivity contribution is -0.133. The van der Waals surface area contributed by atoms with Crippen molar-refractivity contribution in [3.63, 3.8) is 0 Å². The van der Waals surface area contributed by atoms with Gasteiger partial charge in [-0.2, -0.15) is 5.10 Å². The molecule has 2 rings (SSSR count). The van der Waals surface area contributed by atoms with Crippen molar-refractivity contribution in [1.82, 2.24) is 15.1 Å². The van der Waals surface area contributed by atoms with Gasteiger partial charge < -0.3 is 10.4 Å². The predicted molar refractivity (Wildman–Crippen MR) is 90.6 cm³/mol. The lowest BCUT2D eigenvalue weighted by atomic mass is 10.2. The summed E-state index contributed by atoms with van der Waals surface area (Å²) in [6, 6.07) is 7.15. The van der Waals surface area contributed by atoms with Crippen molar-refractivity contribution in [2.45, 2.75) is 6.92 Å². The maximum atomic E-state index is 12.2. The van der Waals surface area contributed by atoms with Crippen LogP contribution in [-0.4, -0.2) is 44.8 Å². The first-order valence-electron chi connectivity index (χ1n) is 6.87. The highest BCUT2D eigenvalue weighted by Crippen LogP contribution is 2.15. The Bertz CT molecular complexity index is 700. The minimum absolute atomic E-state index is 0.0311. The maximum Gasteiger partial charge on any atom is 0.313 e. The molecular formula is C15H16ClN3O3S. The summed E-state index contributed by atoms with van der Waals surface area (Å²) >= 11 is 7.11. The summed E-state index contributed by atoms with van der Waals surface area (Å²) < 4.78 is 1.62. The summed E-state index contributed by atoms with van der Waals surface area (Å²) in [4.78, 5) is 22.5. The van der Waals surface area contributed by atoms with E-state index in [0.717, 1.165) is 5.69 Å². The molecule has 0 bridgehead atoms. The smallest absolute Gasteiger partial charge is 0.313 e. The zero-order valence-electron chi connectivity index (χ0n) is 12.5. The predicted octanol–water partition coefficient (Wildman–Crippen LogP) is 2.38. The Kier molecular flexibility index (Phi) is 6.06. The third-order valence-corrected chi connectivity index (χ3v) is 4.19. The highest BCUT2D eigenvalue weighted by molar-refractivity contribution is 7.99. The number of thioether (sulfide) groups is 1. The third-order valence-electron chi connectivity index (χ3n) is 2.99. The van der Waals surface area contributed by atoms with Crippen molar-refractivity contribution >= 4 is 35.2 Å². The zero-order valence-corrected chi connectivity index (χ0v) is 14.0. The Balaban J connectivity index is 1.96. The van der Waals surface area contributed by atoms with E-state index in [1.165, 1.54) is 11.8 Å². The van der Waals surface area contributed by atoms with E-state index < -0.39 is 5.97 Å². The number of rotatable bonds is 7. The highest BCUT2D eigenvalue weighted by Gasteiger charge is 2.13. The summed E-state index contributed by atoms with van der Waals surface area (Å²) in [5, 5.41) is 16.3. The molecule has 0 unspecified atom stereocenters. The molecule has 0 fully saturated rings. The van der Waals surface area contributed by atoms with Crippen LogP contribution in [0.5, 0.6) is 0 Å². The van der Waals surface area contributed by atoms with Crippen LogP contribution < -0.4 is 5.32 Å². The third kappa shape index (κ3) is 5.01. The molecule has 1 aromatic carbocycles. The van der Waals surface area contributed by atoms with Crippen LogP contribution in [0.4, 0.5) is 0 Å². The average molecular weight is 354 g/mol. The number of hydrogen-bond donors (Lipinski definition) is 2. The fourth-order valence-corrected chi connectivity index (χ4v) is 2.59. The summed E-state index contributed by atoms with van der Waals surface area (Å²) in [6.07, 6.45) is 1.66. The van der Waals surface area contributed by atoms with Gasteiger partial charge in [0.15, 0.2) is 0 Å². The van der Waals surface area contributed by atoms with Gasteiger partial charge in [0.25, 0.3) is 5.91 Å². The molecule has 0 radical (unpaired) electrons. The zero-order chi connectivity index (χ0) is 16.8. The monoisotopic (exact) mass is 353 g/mol. The van der Waals surface area contributed by atoms with Crippen LogP contribution in [0.2, 0.25) is 5.02 Å². The Morgan fingerprint density at radius 1 is 1.35 bits per heavy atom. The van der Waals surface area contributed by atoms with E-state index >= 15 is 0 Å². The minimum Gasteiger partial charge on any atom is -0.481 e. The van der Waals surface area contributed by atoms with Crippen molar-refractivity contribution in [1.29, 1.82) is 0 Å². The molecule has 0 saturated heterocycles. The van der Waals surface area contributed by atoms with Crippen LogP contribution in [0, 0.1) is 6.92 Å². The molecule has 1 amide bonds. The van der Waals surface area contributed by atoms with Gasteiger partial charge in [-0.15, -0.1) is 11.8 Å². The maximum absolute atomic E-state index is 12.2. The van der Waals surface area contributed by atoms with Gasteiger partial charge in [0.2, 0.25) is 0 Å². The summed E-state index contributed by atoms with van der Waals surface area (Å²) in [6.45, 7) is 2.17. The van der Waals surface area contributed by atoms with Crippen LogP contribution in [0.3, 0.4) is 0 Å². The van der Waals surface area contributed by atoms with E-state index in [1.807, 2.05) is 12.1 Å². The number of carbonyl (C=O) groups is 2. The molecule has 0 aliphatic carbocycles. The number of carboxylic acids is 1.